The number of fused-ring (bicyclic) bond motifs is 2. The number of benzene rings is 3. The van der Waals surface area contributed by atoms with Crippen LogP contribution in [0.2, 0.25) is 0 Å². The molecule has 0 saturated heterocycles. The van der Waals surface area contributed by atoms with Crippen LogP contribution < -0.4 is 10.2 Å². The minimum Gasteiger partial charge on any atom is -0.396 e. The number of nitrogens with one attached hydrogen (secondary N) is 2. The van der Waals surface area contributed by atoms with Gasteiger partial charge in [-0.2, -0.15) is 0 Å². The summed E-state index contributed by atoms with van der Waals surface area (Å²) in [5, 5.41) is 24.6. The lowest BCUT2D eigenvalue weighted by atomic mass is 9.83. The summed E-state index contributed by atoms with van der Waals surface area (Å²) in [7, 11) is 0. The van der Waals surface area contributed by atoms with E-state index in [0.29, 0.717) is 23.4 Å². The molecule has 0 fully saturated rings. The van der Waals surface area contributed by atoms with E-state index in [-0.39, 0.29) is 31.4 Å². The SMILES string of the molecule is C[C@H](/C=C/CCO)[C@@]1(O)C(=O)N(Cc2ccc(NC(=O)Cc3c[nH]c4ccccc34)cc2)c2ccccc21. The fourth-order valence-corrected chi connectivity index (χ4v) is 5.10. The Kier molecular flexibility index (Phi) is 7.13. The summed E-state index contributed by atoms with van der Waals surface area (Å²) in [5.41, 5.74) is 3.06. The largest absolute Gasteiger partial charge is 0.396 e. The molecule has 7 nitrogen and oxygen atoms in total. The van der Waals surface area contributed by atoms with Gasteiger partial charge in [0.15, 0.2) is 5.60 Å². The molecule has 0 unspecified atom stereocenters. The Morgan fingerprint density at radius 2 is 1.82 bits per heavy atom. The Hall–Kier alpha value is -4.20. The van der Waals surface area contributed by atoms with E-state index in [9.17, 15) is 14.7 Å². The first-order chi connectivity index (χ1) is 18.4. The van der Waals surface area contributed by atoms with Gasteiger partial charge in [0.2, 0.25) is 5.91 Å². The molecule has 0 spiro atoms. The predicted molar refractivity (Wildman–Crippen MR) is 149 cm³/mol. The van der Waals surface area contributed by atoms with Crippen LogP contribution in [0.25, 0.3) is 10.9 Å². The van der Waals surface area contributed by atoms with Gasteiger partial charge in [-0.3, -0.25) is 9.59 Å². The Morgan fingerprint density at radius 3 is 2.61 bits per heavy atom. The summed E-state index contributed by atoms with van der Waals surface area (Å²) in [4.78, 5) is 31.0. The number of rotatable bonds is 9. The van der Waals surface area contributed by atoms with Gasteiger partial charge in [-0.1, -0.05) is 67.6 Å². The number of para-hydroxylation sites is 2. The third-order valence-electron chi connectivity index (χ3n) is 7.16. The van der Waals surface area contributed by atoms with Crippen molar-refractivity contribution in [1.82, 2.24) is 4.98 Å². The molecule has 194 valence electrons. The second-order valence-corrected chi connectivity index (χ2v) is 9.69. The normalized spacial score (nSPS) is 17.8. The first-order valence-electron chi connectivity index (χ1n) is 12.8. The highest BCUT2D eigenvalue weighted by atomic mass is 16.3. The quantitative estimate of drug-likeness (QED) is 0.246. The summed E-state index contributed by atoms with van der Waals surface area (Å²) >= 11 is 0. The Balaban J connectivity index is 1.28. The third kappa shape index (κ3) is 4.74. The van der Waals surface area contributed by atoms with Crippen molar-refractivity contribution in [3.05, 3.63) is 108 Å². The topological polar surface area (TPSA) is 106 Å². The molecule has 0 saturated carbocycles. The molecule has 4 N–H and O–H groups in total. The van der Waals surface area contributed by atoms with Gasteiger partial charge in [-0.05, 0) is 41.8 Å². The minimum absolute atomic E-state index is 0.0117. The number of anilines is 2. The first-order valence-corrected chi connectivity index (χ1v) is 12.8. The second-order valence-electron chi connectivity index (χ2n) is 9.69. The summed E-state index contributed by atoms with van der Waals surface area (Å²) < 4.78 is 0. The summed E-state index contributed by atoms with van der Waals surface area (Å²) in [6.45, 7) is 2.10. The summed E-state index contributed by atoms with van der Waals surface area (Å²) in [5.74, 6) is -0.960. The van der Waals surface area contributed by atoms with Crippen LogP contribution in [0.3, 0.4) is 0 Å². The standard InChI is InChI=1S/C31H31N3O4/c1-21(8-6-7-17-35)31(38)26-10-3-5-12-28(26)34(30(31)37)20-22-13-15-24(16-14-22)33-29(36)18-23-19-32-27-11-4-2-9-25(23)27/h2-6,8-16,19,21,32,35,38H,7,17-18,20H2,1H3,(H,33,36)/b8-6+/t21-,31+/m1/s1. The average molecular weight is 510 g/mol. The molecular formula is C31H31N3O4. The maximum atomic E-state index is 13.6. The van der Waals surface area contributed by atoms with Gasteiger partial charge in [0.05, 0.1) is 18.7 Å². The lowest BCUT2D eigenvalue weighted by Gasteiger charge is -2.27. The molecular weight excluding hydrogens is 478 g/mol. The van der Waals surface area contributed by atoms with Crippen molar-refractivity contribution in [2.45, 2.75) is 31.9 Å². The maximum Gasteiger partial charge on any atom is 0.264 e. The molecule has 7 heteroatoms. The van der Waals surface area contributed by atoms with E-state index in [1.165, 1.54) is 0 Å². The van der Waals surface area contributed by atoms with Crippen molar-refractivity contribution in [3.63, 3.8) is 0 Å². The third-order valence-corrected chi connectivity index (χ3v) is 7.16. The first kappa shape index (κ1) is 25.4. The molecule has 38 heavy (non-hydrogen) atoms. The van der Waals surface area contributed by atoms with Crippen LogP contribution in [0, 0.1) is 5.92 Å². The van der Waals surface area contributed by atoms with Crippen molar-refractivity contribution in [2.75, 3.05) is 16.8 Å². The molecule has 0 aliphatic carbocycles. The van der Waals surface area contributed by atoms with Gasteiger partial charge >= 0.3 is 0 Å². The Bertz CT molecular complexity index is 1490. The molecule has 1 aromatic heterocycles. The number of aromatic nitrogens is 1. The Morgan fingerprint density at radius 1 is 1.08 bits per heavy atom. The summed E-state index contributed by atoms with van der Waals surface area (Å²) in [6.07, 6.45) is 6.15. The van der Waals surface area contributed by atoms with Crippen LogP contribution in [0.1, 0.15) is 30.0 Å². The van der Waals surface area contributed by atoms with Crippen molar-refractivity contribution in [1.29, 1.82) is 0 Å². The fourth-order valence-electron chi connectivity index (χ4n) is 5.10. The number of H-pyrrole nitrogens is 1. The molecule has 3 aromatic carbocycles. The van der Waals surface area contributed by atoms with Crippen LogP contribution in [0.15, 0.2) is 91.1 Å². The second kappa shape index (κ2) is 10.7. The van der Waals surface area contributed by atoms with E-state index in [2.05, 4.69) is 10.3 Å². The smallest absolute Gasteiger partial charge is 0.264 e. The minimum atomic E-state index is -1.68. The van der Waals surface area contributed by atoms with E-state index in [4.69, 9.17) is 5.11 Å². The highest BCUT2D eigenvalue weighted by Gasteiger charge is 2.52. The average Bonchev–Trinajstić information content (AvgIpc) is 3.43. The van der Waals surface area contributed by atoms with Gasteiger partial charge in [0, 0.05) is 40.9 Å². The highest BCUT2D eigenvalue weighted by Crippen LogP contribution is 2.45. The molecule has 1 aliphatic rings. The molecule has 1 aliphatic heterocycles. The van der Waals surface area contributed by atoms with Gasteiger partial charge in [0.1, 0.15) is 0 Å². The summed E-state index contributed by atoms with van der Waals surface area (Å²) in [6, 6.07) is 22.6. The number of amides is 2. The number of carbonyl (C=O) groups excluding carboxylic acids is 2. The highest BCUT2D eigenvalue weighted by molar-refractivity contribution is 6.07. The number of carbonyl (C=O) groups is 2. The van der Waals surface area contributed by atoms with E-state index < -0.39 is 11.5 Å². The fraction of sp³-hybridized carbons (Fsp3) is 0.226. The number of nitrogens with zero attached hydrogens (tertiary/aromatic N) is 1. The number of aliphatic hydroxyl groups is 2. The number of aliphatic hydroxyl groups excluding tert-OH is 1. The maximum absolute atomic E-state index is 13.6. The number of aromatic amines is 1. The molecule has 2 amide bonds. The monoisotopic (exact) mass is 509 g/mol. The molecule has 2 atom stereocenters. The van der Waals surface area contributed by atoms with Crippen molar-refractivity contribution in [2.24, 2.45) is 5.92 Å². The number of hydrogen-bond donors (Lipinski definition) is 4. The van der Waals surface area contributed by atoms with Crippen LogP contribution in [0.5, 0.6) is 0 Å². The van der Waals surface area contributed by atoms with E-state index in [0.717, 1.165) is 22.0 Å². The van der Waals surface area contributed by atoms with Crippen molar-refractivity contribution < 1.29 is 19.8 Å². The van der Waals surface area contributed by atoms with E-state index >= 15 is 0 Å². The van der Waals surface area contributed by atoms with Gasteiger partial charge in [-0.15, -0.1) is 0 Å². The Labute approximate surface area is 221 Å². The van der Waals surface area contributed by atoms with E-state index in [1.807, 2.05) is 72.9 Å². The zero-order valence-electron chi connectivity index (χ0n) is 21.2. The van der Waals surface area contributed by atoms with Crippen molar-refractivity contribution in [3.8, 4) is 0 Å². The van der Waals surface area contributed by atoms with Crippen LogP contribution in [0.4, 0.5) is 11.4 Å². The van der Waals surface area contributed by atoms with Crippen LogP contribution >= 0.6 is 0 Å². The predicted octanol–water partition coefficient (Wildman–Crippen LogP) is 4.66. The lowest BCUT2D eigenvalue weighted by molar-refractivity contribution is -0.139. The molecule has 2 heterocycles. The zero-order chi connectivity index (χ0) is 26.7. The molecule has 4 aromatic rings. The van der Waals surface area contributed by atoms with Gasteiger partial charge in [0.25, 0.3) is 5.91 Å². The number of hydrogen-bond acceptors (Lipinski definition) is 4. The molecule has 0 radical (unpaired) electrons. The van der Waals surface area contributed by atoms with Crippen LogP contribution in [-0.4, -0.2) is 33.6 Å². The van der Waals surface area contributed by atoms with Crippen molar-refractivity contribution >= 4 is 34.1 Å². The van der Waals surface area contributed by atoms with Crippen LogP contribution in [-0.2, 0) is 28.2 Å². The van der Waals surface area contributed by atoms with Gasteiger partial charge < -0.3 is 25.4 Å². The molecule has 0 bridgehead atoms. The lowest BCUT2D eigenvalue weighted by Crippen LogP contribution is -2.44. The van der Waals surface area contributed by atoms with Gasteiger partial charge in [-0.25, -0.2) is 0 Å². The van der Waals surface area contributed by atoms with E-state index in [1.54, 1.807) is 30.0 Å². The molecule has 5 rings (SSSR count). The zero-order valence-corrected chi connectivity index (χ0v) is 21.2.